The lowest BCUT2D eigenvalue weighted by atomic mass is 10.1. The fourth-order valence-electron chi connectivity index (χ4n) is 2.36. The van der Waals surface area contributed by atoms with Crippen LogP contribution in [-0.4, -0.2) is 38.1 Å². The standard InChI is InChI=1S/C11H17NO.C11H15NO.ClH/c2*1-9-3-5-10(6-4-9)11(13)7-8-12-2;/h3-6,11-13H,7-8H2,1-2H3;3-6,12H,7-8H2,1-2H3;1H/t11-;;/m0../s1. The van der Waals surface area contributed by atoms with Crippen LogP contribution >= 0.6 is 12.4 Å². The second kappa shape index (κ2) is 14.4. The van der Waals surface area contributed by atoms with Crippen molar-refractivity contribution in [2.24, 2.45) is 0 Å². The highest BCUT2D eigenvalue weighted by Gasteiger charge is 2.05. The quantitative estimate of drug-likeness (QED) is 0.597. The molecule has 5 heteroatoms. The molecule has 3 N–H and O–H groups in total. The van der Waals surface area contributed by atoms with Crippen LogP contribution in [0, 0.1) is 13.8 Å². The van der Waals surface area contributed by atoms with Gasteiger partial charge >= 0.3 is 0 Å². The second-order valence-corrected chi connectivity index (χ2v) is 6.46. The molecular weight excluding hydrogens is 360 g/mol. The number of aliphatic hydroxyl groups is 1. The molecule has 0 heterocycles. The van der Waals surface area contributed by atoms with Crippen LogP contribution in [0.5, 0.6) is 0 Å². The minimum atomic E-state index is -0.340. The Labute approximate surface area is 169 Å². The summed E-state index contributed by atoms with van der Waals surface area (Å²) in [5.41, 5.74) is 4.22. The van der Waals surface area contributed by atoms with Crippen molar-refractivity contribution in [2.45, 2.75) is 32.8 Å². The third-order valence-corrected chi connectivity index (χ3v) is 4.11. The number of aliphatic hydroxyl groups excluding tert-OH is 1. The van der Waals surface area contributed by atoms with E-state index in [4.69, 9.17) is 0 Å². The summed E-state index contributed by atoms with van der Waals surface area (Å²) in [6.45, 7) is 5.65. The Kier molecular flexibility index (Phi) is 13.4. The van der Waals surface area contributed by atoms with Crippen LogP contribution in [0.15, 0.2) is 48.5 Å². The predicted molar refractivity (Wildman–Crippen MR) is 116 cm³/mol. The number of carbonyl (C=O) groups is 1. The zero-order chi connectivity index (χ0) is 19.4. The van der Waals surface area contributed by atoms with Crippen molar-refractivity contribution >= 4 is 18.2 Å². The Hall–Kier alpha value is -1.72. The zero-order valence-electron chi connectivity index (χ0n) is 16.8. The number of nitrogens with one attached hydrogen (secondary N) is 2. The van der Waals surface area contributed by atoms with Gasteiger partial charge in [-0.25, -0.2) is 0 Å². The van der Waals surface area contributed by atoms with E-state index < -0.39 is 0 Å². The molecule has 0 bridgehead atoms. The maximum absolute atomic E-state index is 11.5. The first kappa shape index (κ1) is 25.3. The first-order valence-corrected chi connectivity index (χ1v) is 9.11. The number of hydrogen-bond donors (Lipinski definition) is 3. The first-order valence-electron chi connectivity index (χ1n) is 9.11. The highest BCUT2D eigenvalue weighted by molar-refractivity contribution is 5.96. The summed E-state index contributed by atoms with van der Waals surface area (Å²) < 4.78 is 0. The van der Waals surface area contributed by atoms with E-state index in [2.05, 4.69) is 10.6 Å². The number of halogens is 1. The maximum atomic E-state index is 11.5. The number of Topliss-reactive ketones (excluding diaryl/α,β-unsaturated/α-hetero) is 1. The van der Waals surface area contributed by atoms with Crippen LogP contribution in [0.4, 0.5) is 0 Å². The van der Waals surface area contributed by atoms with Gasteiger partial charge in [-0.15, -0.1) is 12.4 Å². The zero-order valence-corrected chi connectivity index (χ0v) is 17.6. The number of hydrogen-bond acceptors (Lipinski definition) is 4. The summed E-state index contributed by atoms with van der Waals surface area (Å²) >= 11 is 0. The molecule has 2 rings (SSSR count). The van der Waals surface area contributed by atoms with Crippen LogP contribution in [-0.2, 0) is 0 Å². The topological polar surface area (TPSA) is 61.4 Å². The van der Waals surface area contributed by atoms with E-state index in [9.17, 15) is 9.90 Å². The fourth-order valence-corrected chi connectivity index (χ4v) is 2.36. The molecule has 0 spiro atoms. The van der Waals surface area contributed by atoms with Crippen LogP contribution in [0.25, 0.3) is 0 Å². The molecule has 0 fully saturated rings. The van der Waals surface area contributed by atoms with Gasteiger partial charge in [0, 0.05) is 18.5 Å². The van der Waals surface area contributed by atoms with E-state index in [-0.39, 0.29) is 24.3 Å². The molecule has 4 nitrogen and oxygen atoms in total. The molecule has 0 aliphatic heterocycles. The predicted octanol–water partition coefficient (Wildman–Crippen LogP) is 3.85. The lowest BCUT2D eigenvalue weighted by Crippen LogP contribution is -2.12. The van der Waals surface area contributed by atoms with Crippen LogP contribution in [0.1, 0.15) is 46.0 Å². The monoisotopic (exact) mass is 392 g/mol. The van der Waals surface area contributed by atoms with E-state index in [1.165, 1.54) is 11.1 Å². The summed E-state index contributed by atoms with van der Waals surface area (Å²) in [4.78, 5) is 11.5. The van der Waals surface area contributed by atoms with Crippen molar-refractivity contribution in [1.82, 2.24) is 10.6 Å². The fraction of sp³-hybridized carbons (Fsp3) is 0.409. The molecule has 150 valence electrons. The molecule has 2 aromatic carbocycles. The van der Waals surface area contributed by atoms with Crippen molar-refractivity contribution in [3.63, 3.8) is 0 Å². The van der Waals surface area contributed by atoms with Gasteiger partial charge in [-0.2, -0.15) is 0 Å². The van der Waals surface area contributed by atoms with E-state index in [1.807, 2.05) is 76.5 Å². The molecule has 2 aromatic rings. The second-order valence-electron chi connectivity index (χ2n) is 6.46. The van der Waals surface area contributed by atoms with E-state index in [0.29, 0.717) is 6.42 Å². The molecule has 1 atom stereocenters. The average molecular weight is 393 g/mol. The summed E-state index contributed by atoms with van der Waals surface area (Å²) in [5, 5.41) is 15.7. The van der Waals surface area contributed by atoms with Crippen LogP contribution in [0.2, 0.25) is 0 Å². The molecular formula is C22H33ClN2O2. The van der Waals surface area contributed by atoms with Gasteiger partial charge < -0.3 is 15.7 Å². The van der Waals surface area contributed by atoms with E-state index in [0.717, 1.165) is 30.6 Å². The minimum Gasteiger partial charge on any atom is -0.388 e. The third kappa shape index (κ3) is 10.3. The van der Waals surface area contributed by atoms with Gasteiger partial charge in [-0.05, 0) is 46.5 Å². The smallest absolute Gasteiger partial charge is 0.164 e. The molecule has 27 heavy (non-hydrogen) atoms. The minimum absolute atomic E-state index is 0. The van der Waals surface area contributed by atoms with Gasteiger partial charge in [0.15, 0.2) is 5.78 Å². The maximum Gasteiger partial charge on any atom is 0.164 e. The summed E-state index contributed by atoms with van der Waals surface area (Å²) in [6, 6.07) is 15.7. The summed E-state index contributed by atoms with van der Waals surface area (Å²) in [7, 11) is 3.74. The first-order chi connectivity index (χ1) is 12.5. The van der Waals surface area contributed by atoms with Crippen molar-refractivity contribution in [1.29, 1.82) is 0 Å². The summed E-state index contributed by atoms with van der Waals surface area (Å²) in [5.74, 6) is 0.203. The van der Waals surface area contributed by atoms with E-state index >= 15 is 0 Å². The Morgan fingerprint density at radius 3 is 1.85 bits per heavy atom. The number of carbonyl (C=O) groups excluding carboxylic acids is 1. The van der Waals surface area contributed by atoms with E-state index in [1.54, 1.807) is 0 Å². The Morgan fingerprint density at radius 2 is 1.37 bits per heavy atom. The number of benzene rings is 2. The number of aryl methyl sites for hydroxylation is 2. The van der Waals surface area contributed by atoms with Gasteiger partial charge in [0.2, 0.25) is 0 Å². The Balaban J connectivity index is 0.000000483. The molecule has 0 saturated heterocycles. The van der Waals surface area contributed by atoms with Crippen molar-refractivity contribution < 1.29 is 9.90 Å². The van der Waals surface area contributed by atoms with Gasteiger partial charge in [0.25, 0.3) is 0 Å². The average Bonchev–Trinajstić information content (AvgIpc) is 2.66. The molecule has 0 unspecified atom stereocenters. The highest BCUT2D eigenvalue weighted by atomic mass is 35.5. The lowest BCUT2D eigenvalue weighted by Gasteiger charge is -2.10. The molecule has 0 aromatic heterocycles. The normalized spacial score (nSPS) is 11.0. The van der Waals surface area contributed by atoms with Crippen LogP contribution in [0.3, 0.4) is 0 Å². The SMILES string of the molecule is CNCCC(=O)c1ccc(C)cc1.CNCC[C@H](O)c1ccc(C)cc1.Cl. The Morgan fingerprint density at radius 1 is 0.889 bits per heavy atom. The van der Waals surface area contributed by atoms with Gasteiger partial charge in [-0.3, -0.25) is 4.79 Å². The third-order valence-electron chi connectivity index (χ3n) is 4.11. The van der Waals surface area contributed by atoms with Crippen molar-refractivity contribution in [2.75, 3.05) is 27.2 Å². The molecule has 0 aliphatic carbocycles. The molecule has 0 amide bonds. The van der Waals surface area contributed by atoms with Gasteiger partial charge in [-0.1, -0.05) is 59.7 Å². The van der Waals surface area contributed by atoms with Crippen molar-refractivity contribution in [3.8, 4) is 0 Å². The molecule has 0 saturated carbocycles. The summed E-state index contributed by atoms with van der Waals surface area (Å²) in [6.07, 6.45) is 0.993. The highest BCUT2D eigenvalue weighted by Crippen LogP contribution is 2.16. The Bertz CT molecular complexity index is 642. The van der Waals surface area contributed by atoms with Crippen molar-refractivity contribution in [3.05, 3.63) is 70.8 Å². The molecule has 0 radical (unpaired) electrons. The lowest BCUT2D eigenvalue weighted by molar-refractivity contribution is 0.0983. The largest absolute Gasteiger partial charge is 0.388 e. The molecule has 0 aliphatic rings. The number of ketones is 1. The van der Waals surface area contributed by atoms with Gasteiger partial charge in [0.1, 0.15) is 0 Å². The number of rotatable bonds is 8. The van der Waals surface area contributed by atoms with Gasteiger partial charge in [0.05, 0.1) is 6.10 Å². The van der Waals surface area contributed by atoms with Crippen LogP contribution < -0.4 is 10.6 Å².